The summed E-state index contributed by atoms with van der Waals surface area (Å²) in [5.74, 6) is -1.30. The number of hydrogen-bond acceptors (Lipinski definition) is 7. The van der Waals surface area contributed by atoms with Crippen LogP contribution in [0.3, 0.4) is 0 Å². The highest BCUT2D eigenvalue weighted by molar-refractivity contribution is 7.86. The second-order valence-electron chi connectivity index (χ2n) is 3.50. The normalized spacial score (nSPS) is 12.8. The van der Waals surface area contributed by atoms with Crippen LogP contribution < -0.4 is 9.47 Å². The summed E-state index contributed by atoms with van der Waals surface area (Å²) in [6, 6.07) is 2.51. The molecular formula is C10H13NO7S. The first kappa shape index (κ1) is 15.2. The number of aromatic nitrogens is 1. The predicted molar refractivity (Wildman–Crippen MR) is 63.6 cm³/mol. The Morgan fingerprint density at radius 3 is 2.05 bits per heavy atom. The number of methoxy groups -OCH3 is 2. The van der Waals surface area contributed by atoms with Crippen LogP contribution in [-0.4, -0.2) is 45.0 Å². The Morgan fingerprint density at radius 1 is 1.26 bits per heavy atom. The summed E-state index contributed by atoms with van der Waals surface area (Å²) < 4.78 is 36.4. The van der Waals surface area contributed by atoms with Gasteiger partial charge in [-0.1, -0.05) is 0 Å². The van der Waals surface area contributed by atoms with E-state index in [0.717, 1.165) is 6.26 Å². The second kappa shape index (κ2) is 5.85. The van der Waals surface area contributed by atoms with Gasteiger partial charge in [0.1, 0.15) is 0 Å². The van der Waals surface area contributed by atoms with Gasteiger partial charge in [-0.15, -0.1) is 0 Å². The van der Waals surface area contributed by atoms with E-state index in [1.165, 1.54) is 26.4 Å². The maximum absolute atomic E-state index is 11.1. The topological polar surface area (TPSA) is 112 Å². The molecule has 1 heterocycles. The standard InChI is InChI=1S/C10H13NO7S/c1-16-7-4-6(5-8(11-7)17-2)9(10(12)13)18-19(3,14)15/h4-5,9H,1-3H3,(H,12,13). The highest BCUT2D eigenvalue weighted by Crippen LogP contribution is 2.26. The van der Waals surface area contributed by atoms with Crippen molar-refractivity contribution in [3.05, 3.63) is 17.7 Å². The molecule has 0 aliphatic heterocycles. The molecule has 1 N–H and O–H groups in total. The van der Waals surface area contributed by atoms with Crippen molar-refractivity contribution in [2.75, 3.05) is 20.5 Å². The molecule has 8 nitrogen and oxygen atoms in total. The Balaban J connectivity index is 3.25. The Hall–Kier alpha value is -1.87. The summed E-state index contributed by atoms with van der Waals surface area (Å²) in [5, 5.41) is 9.03. The molecule has 1 atom stereocenters. The van der Waals surface area contributed by atoms with E-state index in [2.05, 4.69) is 9.17 Å². The van der Waals surface area contributed by atoms with E-state index in [1.807, 2.05) is 0 Å². The van der Waals surface area contributed by atoms with Gasteiger partial charge in [-0.25, -0.2) is 4.79 Å². The molecule has 0 amide bonds. The minimum Gasteiger partial charge on any atom is -0.481 e. The van der Waals surface area contributed by atoms with Crippen molar-refractivity contribution in [3.8, 4) is 11.8 Å². The van der Waals surface area contributed by atoms with Crippen molar-refractivity contribution in [3.63, 3.8) is 0 Å². The highest BCUT2D eigenvalue weighted by atomic mass is 32.2. The SMILES string of the molecule is COc1cc(C(OS(C)(=O)=O)C(=O)O)cc(OC)n1. The molecule has 0 fully saturated rings. The van der Waals surface area contributed by atoms with E-state index in [0.29, 0.717) is 0 Å². The van der Waals surface area contributed by atoms with Crippen LogP contribution in [0.25, 0.3) is 0 Å². The smallest absolute Gasteiger partial charge is 0.339 e. The summed E-state index contributed by atoms with van der Waals surface area (Å²) >= 11 is 0. The molecule has 0 aliphatic carbocycles. The quantitative estimate of drug-likeness (QED) is 0.740. The van der Waals surface area contributed by atoms with E-state index in [-0.39, 0.29) is 17.3 Å². The summed E-state index contributed by atoms with van der Waals surface area (Å²) in [6.45, 7) is 0. The van der Waals surface area contributed by atoms with E-state index in [1.54, 1.807) is 0 Å². The van der Waals surface area contributed by atoms with E-state index >= 15 is 0 Å². The number of ether oxygens (including phenoxy) is 2. The summed E-state index contributed by atoms with van der Waals surface area (Å²) in [5.41, 5.74) is 0.0432. The lowest BCUT2D eigenvalue weighted by Crippen LogP contribution is -2.19. The van der Waals surface area contributed by atoms with Crippen molar-refractivity contribution in [1.29, 1.82) is 0 Å². The number of carbonyl (C=O) groups is 1. The van der Waals surface area contributed by atoms with Crippen molar-refractivity contribution < 1.29 is 32.0 Å². The summed E-state index contributed by atoms with van der Waals surface area (Å²) in [4.78, 5) is 15.0. The Kier molecular flexibility index (Phi) is 4.67. The van der Waals surface area contributed by atoms with Crippen LogP contribution in [0, 0.1) is 0 Å². The first-order chi connectivity index (χ1) is 8.76. The molecule has 1 rings (SSSR count). The average Bonchev–Trinajstić information content (AvgIpc) is 2.33. The molecule has 0 aromatic carbocycles. The van der Waals surface area contributed by atoms with Gasteiger partial charge in [0.15, 0.2) is 6.10 Å². The zero-order chi connectivity index (χ0) is 14.6. The largest absolute Gasteiger partial charge is 0.481 e. The Labute approximate surface area is 110 Å². The molecule has 1 unspecified atom stereocenters. The van der Waals surface area contributed by atoms with Crippen molar-refractivity contribution in [2.45, 2.75) is 6.10 Å². The second-order valence-corrected chi connectivity index (χ2v) is 5.10. The molecule has 0 spiro atoms. The number of carboxylic acid groups (broad SMARTS) is 1. The molecule has 1 aromatic rings. The first-order valence-electron chi connectivity index (χ1n) is 4.98. The molecule has 106 valence electrons. The zero-order valence-electron chi connectivity index (χ0n) is 10.5. The minimum absolute atomic E-state index is 0.0432. The summed E-state index contributed by atoms with van der Waals surface area (Å²) in [7, 11) is -1.27. The van der Waals surface area contributed by atoms with Gasteiger partial charge < -0.3 is 14.6 Å². The van der Waals surface area contributed by atoms with Crippen molar-refractivity contribution in [2.24, 2.45) is 0 Å². The molecule has 0 bridgehead atoms. The van der Waals surface area contributed by atoms with Gasteiger partial charge >= 0.3 is 5.97 Å². The minimum atomic E-state index is -3.94. The van der Waals surface area contributed by atoms with Crippen LogP contribution in [0.1, 0.15) is 11.7 Å². The van der Waals surface area contributed by atoms with Crippen LogP contribution in [0.2, 0.25) is 0 Å². The van der Waals surface area contributed by atoms with Crippen LogP contribution in [0.5, 0.6) is 11.8 Å². The molecule has 1 aromatic heterocycles. The number of pyridine rings is 1. The van der Waals surface area contributed by atoms with Gasteiger partial charge in [0.2, 0.25) is 11.8 Å². The third-order valence-corrected chi connectivity index (χ3v) is 2.56. The van der Waals surface area contributed by atoms with Gasteiger partial charge in [-0.2, -0.15) is 13.4 Å². The molecule has 9 heteroatoms. The average molecular weight is 291 g/mol. The first-order valence-corrected chi connectivity index (χ1v) is 6.79. The molecular weight excluding hydrogens is 278 g/mol. The zero-order valence-corrected chi connectivity index (χ0v) is 11.3. The van der Waals surface area contributed by atoms with Gasteiger partial charge in [-0.3, -0.25) is 4.18 Å². The maximum atomic E-state index is 11.1. The van der Waals surface area contributed by atoms with Crippen LogP contribution in [0.4, 0.5) is 0 Å². The molecule has 0 aliphatic rings. The van der Waals surface area contributed by atoms with Crippen LogP contribution in [0.15, 0.2) is 12.1 Å². The van der Waals surface area contributed by atoms with Crippen molar-refractivity contribution >= 4 is 16.1 Å². The lowest BCUT2D eigenvalue weighted by atomic mass is 10.1. The van der Waals surface area contributed by atoms with Gasteiger partial charge in [0, 0.05) is 17.7 Å². The Morgan fingerprint density at radius 2 is 1.74 bits per heavy atom. The lowest BCUT2D eigenvalue weighted by Gasteiger charge is -2.13. The molecule has 19 heavy (non-hydrogen) atoms. The van der Waals surface area contributed by atoms with Crippen LogP contribution >= 0.6 is 0 Å². The third-order valence-electron chi connectivity index (χ3n) is 2.02. The number of aliphatic carboxylic acids is 1. The number of rotatable bonds is 6. The molecule has 0 saturated heterocycles. The Bertz CT molecular complexity index is 547. The van der Waals surface area contributed by atoms with E-state index < -0.39 is 22.2 Å². The summed E-state index contributed by atoms with van der Waals surface area (Å²) in [6.07, 6.45) is -0.931. The van der Waals surface area contributed by atoms with Crippen LogP contribution in [-0.2, 0) is 19.1 Å². The number of nitrogens with zero attached hydrogens (tertiary/aromatic N) is 1. The van der Waals surface area contributed by atoms with Gasteiger partial charge in [0.05, 0.1) is 20.5 Å². The molecule has 0 radical (unpaired) electrons. The highest BCUT2D eigenvalue weighted by Gasteiger charge is 2.27. The predicted octanol–water partition coefficient (Wildman–Crippen LogP) is 0.201. The monoisotopic (exact) mass is 291 g/mol. The maximum Gasteiger partial charge on any atom is 0.339 e. The molecule has 0 saturated carbocycles. The van der Waals surface area contributed by atoms with Gasteiger partial charge in [-0.05, 0) is 0 Å². The van der Waals surface area contributed by atoms with E-state index in [4.69, 9.17) is 14.6 Å². The van der Waals surface area contributed by atoms with Gasteiger partial charge in [0.25, 0.3) is 10.1 Å². The third kappa shape index (κ3) is 4.38. The van der Waals surface area contributed by atoms with Crippen molar-refractivity contribution in [1.82, 2.24) is 4.98 Å². The lowest BCUT2D eigenvalue weighted by molar-refractivity contribution is -0.145. The fourth-order valence-electron chi connectivity index (χ4n) is 1.27. The number of carboxylic acids is 1. The van der Waals surface area contributed by atoms with E-state index in [9.17, 15) is 13.2 Å². The fourth-order valence-corrected chi connectivity index (χ4v) is 1.82. The number of hydrogen-bond donors (Lipinski definition) is 1. The fraction of sp³-hybridized carbons (Fsp3) is 0.400.